The largest absolute Gasteiger partial charge is 0.591 e. The van der Waals surface area contributed by atoms with Crippen molar-refractivity contribution in [2.75, 3.05) is 0 Å². The van der Waals surface area contributed by atoms with Gasteiger partial charge in [0.05, 0.1) is 11.7 Å². The molecule has 2 rings (SSSR count). The summed E-state index contributed by atoms with van der Waals surface area (Å²) in [6.45, 7) is 7.31. The van der Waals surface area contributed by atoms with Gasteiger partial charge in [0.15, 0.2) is 0 Å². The van der Waals surface area contributed by atoms with Crippen molar-refractivity contribution < 1.29 is 8.94 Å². The van der Waals surface area contributed by atoms with Gasteiger partial charge in [0, 0.05) is 10.9 Å². The molecular weight excluding hydrogens is 311 g/mol. The van der Waals surface area contributed by atoms with Gasteiger partial charge in [-0.2, -0.15) is 0 Å². The van der Waals surface area contributed by atoms with Crippen LogP contribution in [0.1, 0.15) is 31.9 Å². The van der Waals surface area contributed by atoms with E-state index in [1.54, 1.807) is 12.1 Å². The highest BCUT2D eigenvalue weighted by Gasteiger charge is 2.26. The minimum absolute atomic E-state index is 0.214. The van der Waals surface area contributed by atoms with Gasteiger partial charge in [-0.25, -0.2) is 9.37 Å². The van der Waals surface area contributed by atoms with E-state index in [2.05, 4.69) is 9.38 Å². The van der Waals surface area contributed by atoms with Gasteiger partial charge < -0.3 is 4.55 Å². The third-order valence-corrected chi connectivity index (χ3v) is 4.57. The number of nitrogens with zero attached hydrogens (tertiary/aromatic N) is 2. The van der Waals surface area contributed by atoms with Crippen LogP contribution in [0.3, 0.4) is 0 Å². The van der Waals surface area contributed by atoms with Gasteiger partial charge in [0.1, 0.15) is 27.1 Å². The lowest BCUT2D eigenvalue weighted by Crippen LogP contribution is -2.25. The zero-order chi connectivity index (χ0) is 15.8. The highest BCUT2D eigenvalue weighted by Crippen LogP contribution is 2.25. The molecule has 0 aliphatic heterocycles. The second kappa shape index (κ2) is 5.91. The summed E-state index contributed by atoms with van der Waals surface area (Å²) in [7, 11) is 0. The average Bonchev–Trinajstić information content (AvgIpc) is 2.40. The van der Waals surface area contributed by atoms with Crippen molar-refractivity contribution in [2.45, 2.75) is 32.4 Å². The SMILES string of the molecule is Cc1ccc(F)c2cc(C=N[S+]([O-])C(C)(C)C)c(Cl)nc12. The number of aromatic nitrogens is 1. The lowest BCUT2D eigenvalue weighted by molar-refractivity contribution is 0.562. The lowest BCUT2D eigenvalue weighted by atomic mass is 10.1. The molecule has 1 aromatic carbocycles. The first kappa shape index (κ1) is 16.2. The summed E-state index contributed by atoms with van der Waals surface area (Å²) < 4.78 is 29.3. The van der Waals surface area contributed by atoms with Gasteiger partial charge in [0.2, 0.25) is 0 Å². The van der Waals surface area contributed by atoms with Crippen LogP contribution in [0.15, 0.2) is 22.6 Å². The van der Waals surface area contributed by atoms with E-state index in [0.29, 0.717) is 16.5 Å². The molecular formula is C15H16ClFN2OS. The van der Waals surface area contributed by atoms with Crippen molar-refractivity contribution in [2.24, 2.45) is 4.40 Å². The molecule has 1 heterocycles. The lowest BCUT2D eigenvalue weighted by Gasteiger charge is -2.17. The molecule has 21 heavy (non-hydrogen) atoms. The normalized spacial score (nSPS) is 14.0. The van der Waals surface area contributed by atoms with Gasteiger partial charge in [0.25, 0.3) is 0 Å². The van der Waals surface area contributed by atoms with Crippen LogP contribution in [0.5, 0.6) is 0 Å². The third kappa shape index (κ3) is 3.54. The molecule has 0 saturated carbocycles. The van der Waals surface area contributed by atoms with Gasteiger partial charge >= 0.3 is 0 Å². The van der Waals surface area contributed by atoms with Crippen molar-refractivity contribution >= 4 is 40.1 Å². The average molecular weight is 327 g/mol. The number of hydrogen-bond acceptors (Lipinski definition) is 3. The van der Waals surface area contributed by atoms with Crippen LogP contribution in [-0.4, -0.2) is 20.5 Å². The molecule has 0 aliphatic carbocycles. The molecule has 1 aromatic heterocycles. The Balaban J connectivity index is 2.49. The van der Waals surface area contributed by atoms with Crippen LogP contribution in [0, 0.1) is 12.7 Å². The second-order valence-electron chi connectivity index (χ2n) is 5.72. The maximum atomic E-state index is 13.9. The highest BCUT2D eigenvalue weighted by atomic mass is 35.5. The molecule has 0 radical (unpaired) electrons. The summed E-state index contributed by atoms with van der Waals surface area (Å²) in [4.78, 5) is 4.21. The van der Waals surface area contributed by atoms with E-state index >= 15 is 0 Å². The molecule has 6 heteroatoms. The van der Waals surface area contributed by atoms with Crippen LogP contribution in [0.4, 0.5) is 4.39 Å². The van der Waals surface area contributed by atoms with Crippen LogP contribution >= 0.6 is 11.6 Å². The highest BCUT2D eigenvalue weighted by molar-refractivity contribution is 7.91. The Morgan fingerprint density at radius 1 is 1.38 bits per heavy atom. The quantitative estimate of drug-likeness (QED) is 0.471. The van der Waals surface area contributed by atoms with Crippen LogP contribution in [0.25, 0.3) is 10.9 Å². The molecule has 0 spiro atoms. The Morgan fingerprint density at radius 3 is 2.67 bits per heavy atom. The van der Waals surface area contributed by atoms with Gasteiger partial charge in [-0.05, 0) is 45.4 Å². The summed E-state index contributed by atoms with van der Waals surface area (Å²) in [5, 5.41) is 0.591. The number of fused-ring (bicyclic) bond motifs is 1. The van der Waals surface area contributed by atoms with Crippen molar-refractivity contribution in [3.05, 3.63) is 40.3 Å². The van der Waals surface area contributed by atoms with Gasteiger partial charge in [-0.3, -0.25) is 0 Å². The summed E-state index contributed by atoms with van der Waals surface area (Å²) in [6.07, 6.45) is 1.39. The molecule has 0 amide bonds. The van der Waals surface area contributed by atoms with E-state index in [1.807, 2.05) is 27.7 Å². The number of halogens is 2. The van der Waals surface area contributed by atoms with Crippen molar-refractivity contribution in [3.8, 4) is 0 Å². The number of pyridine rings is 1. The minimum atomic E-state index is -1.40. The Kier molecular flexibility index (Phi) is 4.56. The maximum absolute atomic E-state index is 13.9. The summed E-state index contributed by atoms with van der Waals surface area (Å²) in [5.41, 5.74) is 1.82. The van der Waals surface area contributed by atoms with E-state index in [1.165, 1.54) is 12.3 Å². The smallest absolute Gasteiger partial charge is 0.144 e. The zero-order valence-corrected chi connectivity index (χ0v) is 13.8. The van der Waals surface area contributed by atoms with Crippen LogP contribution < -0.4 is 0 Å². The fourth-order valence-electron chi connectivity index (χ4n) is 1.71. The first-order valence-electron chi connectivity index (χ1n) is 6.41. The Morgan fingerprint density at radius 2 is 2.05 bits per heavy atom. The maximum Gasteiger partial charge on any atom is 0.144 e. The number of aryl methyl sites for hydroxylation is 1. The molecule has 112 valence electrons. The number of hydrogen-bond donors (Lipinski definition) is 0. The molecule has 0 fully saturated rings. The molecule has 1 unspecified atom stereocenters. The predicted molar refractivity (Wildman–Crippen MR) is 86.9 cm³/mol. The molecule has 0 N–H and O–H groups in total. The van der Waals surface area contributed by atoms with Gasteiger partial charge in [-0.15, -0.1) is 0 Å². The van der Waals surface area contributed by atoms with Crippen molar-refractivity contribution in [1.29, 1.82) is 0 Å². The van der Waals surface area contributed by atoms with Crippen molar-refractivity contribution in [3.63, 3.8) is 0 Å². The number of benzene rings is 1. The number of rotatable bonds is 2. The zero-order valence-electron chi connectivity index (χ0n) is 12.3. The van der Waals surface area contributed by atoms with Crippen molar-refractivity contribution in [1.82, 2.24) is 4.98 Å². The fourth-order valence-corrected chi connectivity index (χ4v) is 2.42. The Bertz CT molecular complexity index is 713. The Hall–Kier alpha value is -1.17. The molecule has 1 atom stereocenters. The van der Waals surface area contributed by atoms with E-state index in [9.17, 15) is 8.94 Å². The van der Waals surface area contributed by atoms with E-state index in [4.69, 9.17) is 11.6 Å². The summed E-state index contributed by atoms with van der Waals surface area (Å²) in [6, 6.07) is 4.63. The predicted octanol–water partition coefficient (Wildman–Crippen LogP) is 4.22. The third-order valence-electron chi connectivity index (χ3n) is 2.93. The van der Waals surface area contributed by atoms with Crippen LogP contribution in [0.2, 0.25) is 5.15 Å². The molecule has 2 aromatic rings. The molecule has 0 aliphatic rings. The molecule has 3 nitrogen and oxygen atoms in total. The van der Waals surface area contributed by atoms with E-state index in [0.717, 1.165) is 5.56 Å². The van der Waals surface area contributed by atoms with Gasteiger partial charge in [-0.1, -0.05) is 22.1 Å². The second-order valence-corrected chi connectivity index (χ2v) is 8.02. The standard InChI is InChI=1S/C15H16ClFN2OS/c1-9-5-6-12(17)11-7-10(14(16)19-13(9)11)8-18-21(20)15(2,3)4/h5-8H,1-4H3. The van der Waals surface area contributed by atoms with Crippen LogP contribution in [-0.2, 0) is 11.4 Å². The molecule has 0 bridgehead atoms. The summed E-state index contributed by atoms with van der Waals surface area (Å²) in [5.74, 6) is -0.369. The molecule has 0 saturated heterocycles. The fraction of sp³-hybridized carbons (Fsp3) is 0.333. The van der Waals surface area contributed by atoms with E-state index < -0.39 is 16.1 Å². The van der Waals surface area contributed by atoms with E-state index in [-0.39, 0.29) is 11.0 Å². The minimum Gasteiger partial charge on any atom is -0.591 e. The summed E-state index contributed by atoms with van der Waals surface area (Å²) >= 11 is 4.70. The topological polar surface area (TPSA) is 48.3 Å². The monoisotopic (exact) mass is 326 g/mol. The first-order chi connectivity index (χ1) is 9.70. The first-order valence-corrected chi connectivity index (χ1v) is 7.90. The Labute approximate surface area is 131 Å².